The Morgan fingerprint density at radius 3 is 2.65 bits per heavy atom. The van der Waals surface area contributed by atoms with Gasteiger partial charge in [-0.15, -0.1) is 0 Å². The number of nitrogens with one attached hydrogen (secondary N) is 1. The number of halogens is 1. The van der Waals surface area contributed by atoms with E-state index in [9.17, 15) is 4.79 Å². The molecule has 1 unspecified atom stereocenters. The Hall–Kier alpha value is -2.07. The van der Waals surface area contributed by atoms with Gasteiger partial charge in [0.05, 0.1) is 0 Å². The van der Waals surface area contributed by atoms with E-state index in [0.29, 0.717) is 16.6 Å². The van der Waals surface area contributed by atoms with Crippen LogP contribution >= 0.6 is 11.6 Å². The number of aromatic nitrogens is 1. The van der Waals surface area contributed by atoms with Gasteiger partial charge in [-0.05, 0) is 49.7 Å². The van der Waals surface area contributed by atoms with Crippen molar-refractivity contribution in [3.8, 4) is 5.75 Å². The fraction of sp³-hybridized carbons (Fsp3) is 0.200. The molecule has 0 fully saturated rings. The zero-order valence-corrected chi connectivity index (χ0v) is 12.0. The summed E-state index contributed by atoms with van der Waals surface area (Å²) < 4.78 is 5.54. The second-order valence-electron chi connectivity index (χ2n) is 4.37. The van der Waals surface area contributed by atoms with Crippen molar-refractivity contribution in [2.24, 2.45) is 0 Å². The van der Waals surface area contributed by atoms with Crippen LogP contribution in [-0.2, 0) is 4.79 Å². The molecule has 1 aromatic carbocycles. The molecule has 0 bridgehead atoms. The van der Waals surface area contributed by atoms with E-state index >= 15 is 0 Å². The SMILES string of the molecule is Cc1cccnc1NC(=O)C(C)Oc1ccc(Cl)cc1. The Balaban J connectivity index is 1.99. The third-order valence-corrected chi connectivity index (χ3v) is 3.00. The first-order chi connectivity index (χ1) is 9.56. The fourth-order valence-electron chi connectivity index (χ4n) is 1.61. The molecule has 104 valence electrons. The molecule has 0 saturated carbocycles. The molecule has 0 saturated heterocycles. The largest absolute Gasteiger partial charge is 0.481 e. The van der Waals surface area contributed by atoms with E-state index in [1.165, 1.54) is 0 Å². The average molecular weight is 291 g/mol. The highest BCUT2D eigenvalue weighted by Crippen LogP contribution is 2.17. The normalized spacial score (nSPS) is 11.8. The van der Waals surface area contributed by atoms with Crippen molar-refractivity contribution in [1.82, 2.24) is 4.98 Å². The molecule has 20 heavy (non-hydrogen) atoms. The van der Waals surface area contributed by atoms with Crippen molar-refractivity contribution in [3.63, 3.8) is 0 Å². The second-order valence-corrected chi connectivity index (χ2v) is 4.81. The van der Waals surface area contributed by atoms with Gasteiger partial charge in [-0.2, -0.15) is 0 Å². The molecule has 0 aliphatic carbocycles. The molecule has 0 aliphatic rings. The zero-order chi connectivity index (χ0) is 14.5. The first-order valence-corrected chi connectivity index (χ1v) is 6.59. The monoisotopic (exact) mass is 290 g/mol. The van der Waals surface area contributed by atoms with E-state index < -0.39 is 6.10 Å². The van der Waals surface area contributed by atoms with Crippen molar-refractivity contribution in [2.75, 3.05) is 5.32 Å². The van der Waals surface area contributed by atoms with E-state index in [1.807, 2.05) is 19.1 Å². The summed E-state index contributed by atoms with van der Waals surface area (Å²) in [5, 5.41) is 3.36. The maximum Gasteiger partial charge on any atom is 0.266 e. The minimum Gasteiger partial charge on any atom is -0.481 e. The van der Waals surface area contributed by atoms with Gasteiger partial charge in [0.2, 0.25) is 0 Å². The van der Waals surface area contributed by atoms with Gasteiger partial charge in [0.1, 0.15) is 11.6 Å². The maximum absolute atomic E-state index is 12.0. The summed E-state index contributed by atoms with van der Waals surface area (Å²) in [5.74, 6) is 0.889. The lowest BCUT2D eigenvalue weighted by molar-refractivity contribution is -0.122. The molecule has 1 amide bonds. The third kappa shape index (κ3) is 3.71. The van der Waals surface area contributed by atoms with Crippen LogP contribution in [0.5, 0.6) is 5.75 Å². The highest BCUT2D eigenvalue weighted by Gasteiger charge is 2.16. The maximum atomic E-state index is 12.0. The molecule has 1 N–H and O–H groups in total. The van der Waals surface area contributed by atoms with Gasteiger partial charge < -0.3 is 10.1 Å². The summed E-state index contributed by atoms with van der Waals surface area (Å²) in [6.07, 6.45) is 1.01. The Labute approximate surface area is 122 Å². The van der Waals surface area contributed by atoms with Crippen LogP contribution in [0.1, 0.15) is 12.5 Å². The summed E-state index contributed by atoms with van der Waals surface area (Å²) >= 11 is 5.79. The highest BCUT2D eigenvalue weighted by atomic mass is 35.5. The first kappa shape index (κ1) is 14.3. The molecule has 0 radical (unpaired) electrons. The fourth-order valence-corrected chi connectivity index (χ4v) is 1.73. The van der Waals surface area contributed by atoms with Crippen LogP contribution in [0, 0.1) is 6.92 Å². The molecule has 1 aromatic heterocycles. The topological polar surface area (TPSA) is 51.2 Å². The number of amides is 1. The van der Waals surface area contributed by atoms with Crippen LogP contribution in [0.3, 0.4) is 0 Å². The molecule has 0 aliphatic heterocycles. The van der Waals surface area contributed by atoms with Gasteiger partial charge in [-0.25, -0.2) is 4.98 Å². The summed E-state index contributed by atoms with van der Waals surface area (Å²) in [6, 6.07) is 10.6. The minimum absolute atomic E-state index is 0.248. The van der Waals surface area contributed by atoms with Gasteiger partial charge in [-0.1, -0.05) is 17.7 Å². The highest BCUT2D eigenvalue weighted by molar-refractivity contribution is 6.30. The van der Waals surface area contributed by atoms with Crippen LogP contribution in [0.2, 0.25) is 5.02 Å². The number of benzene rings is 1. The van der Waals surface area contributed by atoms with Crippen molar-refractivity contribution < 1.29 is 9.53 Å². The number of carbonyl (C=O) groups is 1. The lowest BCUT2D eigenvalue weighted by atomic mass is 10.2. The predicted molar refractivity (Wildman–Crippen MR) is 79.1 cm³/mol. The second kappa shape index (κ2) is 6.39. The van der Waals surface area contributed by atoms with Crippen molar-refractivity contribution in [3.05, 3.63) is 53.2 Å². The van der Waals surface area contributed by atoms with Crippen LogP contribution in [0.25, 0.3) is 0 Å². The number of anilines is 1. The Morgan fingerprint density at radius 2 is 2.00 bits per heavy atom. The molecule has 4 nitrogen and oxygen atoms in total. The van der Waals surface area contributed by atoms with Crippen LogP contribution in [0.4, 0.5) is 5.82 Å². The molecule has 0 spiro atoms. The number of ether oxygens (including phenoxy) is 1. The van der Waals surface area contributed by atoms with E-state index in [-0.39, 0.29) is 5.91 Å². The van der Waals surface area contributed by atoms with E-state index in [0.717, 1.165) is 5.56 Å². The number of carbonyl (C=O) groups excluding carboxylic acids is 1. The van der Waals surface area contributed by atoms with Gasteiger partial charge >= 0.3 is 0 Å². The molecule has 2 aromatic rings. The molecular formula is C15H15ClN2O2. The molecule has 2 rings (SSSR count). The Morgan fingerprint density at radius 1 is 1.30 bits per heavy atom. The van der Waals surface area contributed by atoms with Gasteiger partial charge in [0.25, 0.3) is 5.91 Å². The molecular weight excluding hydrogens is 276 g/mol. The number of hydrogen-bond acceptors (Lipinski definition) is 3. The van der Waals surface area contributed by atoms with Gasteiger partial charge in [-0.3, -0.25) is 4.79 Å². The standard InChI is InChI=1S/C15H15ClN2O2/c1-10-4-3-9-17-14(10)18-15(19)11(2)20-13-7-5-12(16)6-8-13/h3-9,11H,1-2H3,(H,17,18,19). The summed E-state index contributed by atoms with van der Waals surface area (Å²) in [5.41, 5.74) is 0.902. The third-order valence-electron chi connectivity index (χ3n) is 2.75. The molecule has 1 heterocycles. The minimum atomic E-state index is -0.627. The van der Waals surface area contributed by atoms with Crippen molar-refractivity contribution >= 4 is 23.3 Å². The zero-order valence-electron chi connectivity index (χ0n) is 11.3. The summed E-state index contributed by atoms with van der Waals surface area (Å²) in [6.45, 7) is 3.57. The number of rotatable bonds is 4. The average Bonchev–Trinajstić information content (AvgIpc) is 2.44. The first-order valence-electron chi connectivity index (χ1n) is 6.21. The van der Waals surface area contributed by atoms with E-state index in [4.69, 9.17) is 16.3 Å². The molecule has 1 atom stereocenters. The number of pyridine rings is 1. The quantitative estimate of drug-likeness (QED) is 0.938. The predicted octanol–water partition coefficient (Wildman–Crippen LogP) is 3.45. The Kier molecular flexibility index (Phi) is 4.58. The lowest BCUT2D eigenvalue weighted by Crippen LogP contribution is -2.30. The number of aryl methyl sites for hydroxylation is 1. The van der Waals surface area contributed by atoms with E-state index in [2.05, 4.69) is 10.3 Å². The number of hydrogen-bond donors (Lipinski definition) is 1. The van der Waals surface area contributed by atoms with Gasteiger partial charge in [0, 0.05) is 11.2 Å². The van der Waals surface area contributed by atoms with Gasteiger partial charge in [0.15, 0.2) is 6.10 Å². The van der Waals surface area contributed by atoms with Crippen LogP contribution in [-0.4, -0.2) is 17.0 Å². The van der Waals surface area contributed by atoms with Crippen molar-refractivity contribution in [2.45, 2.75) is 20.0 Å². The smallest absolute Gasteiger partial charge is 0.266 e. The summed E-state index contributed by atoms with van der Waals surface area (Å²) in [7, 11) is 0. The van der Waals surface area contributed by atoms with E-state index in [1.54, 1.807) is 37.4 Å². The van der Waals surface area contributed by atoms with Crippen LogP contribution < -0.4 is 10.1 Å². The Bertz CT molecular complexity index is 599. The summed E-state index contributed by atoms with van der Waals surface area (Å²) in [4.78, 5) is 16.1. The number of nitrogens with zero attached hydrogens (tertiary/aromatic N) is 1. The van der Waals surface area contributed by atoms with Crippen LogP contribution in [0.15, 0.2) is 42.6 Å². The lowest BCUT2D eigenvalue weighted by Gasteiger charge is -2.15. The van der Waals surface area contributed by atoms with Crippen molar-refractivity contribution in [1.29, 1.82) is 0 Å². The molecule has 5 heteroatoms.